The maximum Gasteiger partial charge on any atom is 0.227 e. The first-order valence-corrected chi connectivity index (χ1v) is 7.20. The van der Waals surface area contributed by atoms with E-state index in [0.29, 0.717) is 0 Å². The van der Waals surface area contributed by atoms with Crippen molar-refractivity contribution in [3.63, 3.8) is 0 Å². The third-order valence-electron chi connectivity index (χ3n) is 3.44. The lowest BCUT2D eigenvalue weighted by Crippen LogP contribution is -2.28. The van der Waals surface area contributed by atoms with Crippen LogP contribution in [0.1, 0.15) is 78.6 Å². The topological polar surface area (TPSA) is 17.1 Å². The van der Waals surface area contributed by atoms with Crippen LogP contribution < -0.4 is 0 Å². The molecule has 0 heterocycles. The average Bonchev–Trinajstić information content (AvgIpc) is 2.28. The summed E-state index contributed by atoms with van der Waals surface area (Å²) in [5.74, 6) is 0. The summed E-state index contributed by atoms with van der Waals surface area (Å²) in [5.41, 5.74) is -0.219. The van der Waals surface area contributed by atoms with Gasteiger partial charge in [-0.2, -0.15) is 0 Å². The summed E-state index contributed by atoms with van der Waals surface area (Å²) in [6.45, 7) is 6.51. The first-order valence-electron chi connectivity index (χ1n) is 6.83. The Labute approximate surface area is 106 Å². The van der Waals surface area contributed by atoms with Crippen LogP contribution in [-0.2, 0) is 4.79 Å². The molecule has 0 amide bonds. The molecule has 0 aliphatic carbocycles. The van der Waals surface area contributed by atoms with Crippen molar-refractivity contribution >= 4 is 16.8 Å². The van der Waals surface area contributed by atoms with Crippen LogP contribution in [0.3, 0.4) is 0 Å². The first-order chi connectivity index (χ1) is 7.63. The maximum absolute atomic E-state index is 11.7. The molecule has 0 fully saturated rings. The number of carbonyl (C=O) groups excluding carboxylic acids is 1. The highest BCUT2D eigenvalue weighted by Gasteiger charge is 2.34. The first kappa shape index (κ1) is 16.0. The quantitative estimate of drug-likeness (QED) is 0.478. The Morgan fingerprint density at radius 1 is 0.875 bits per heavy atom. The number of rotatable bonds is 10. The Bertz CT molecular complexity index is 167. The fourth-order valence-electron chi connectivity index (χ4n) is 2.22. The molecule has 1 nitrogen and oxygen atoms in total. The number of carbonyl (C=O) groups is 1. The summed E-state index contributed by atoms with van der Waals surface area (Å²) in [4.78, 5) is 11.7. The van der Waals surface area contributed by atoms with Crippen LogP contribution in [0.5, 0.6) is 0 Å². The molecule has 2 heteroatoms. The van der Waals surface area contributed by atoms with E-state index in [4.69, 9.17) is 11.6 Å². The highest BCUT2D eigenvalue weighted by Crippen LogP contribution is 2.38. The van der Waals surface area contributed by atoms with E-state index < -0.39 is 0 Å². The highest BCUT2D eigenvalue weighted by molar-refractivity contribution is 6.64. The van der Waals surface area contributed by atoms with Crippen molar-refractivity contribution in [3.8, 4) is 0 Å². The van der Waals surface area contributed by atoms with Gasteiger partial charge < -0.3 is 0 Å². The van der Waals surface area contributed by atoms with Gasteiger partial charge in [0.2, 0.25) is 5.24 Å². The fraction of sp³-hybridized carbons (Fsp3) is 0.929. The molecular formula is C14H27ClO. The third-order valence-corrected chi connectivity index (χ3v) is 3.84. The number of unbranched alkanes of at least 4 members (excludes halogenated alkanes) is 3. The molecule has 16 heavy (non-hydrogen) atoms. The Kier molecular flexibility index (Phi) is 9.02. The number of halogens is 1. The molecule has 0 aliphatic rings. The van der Waals surface area contributed by atoms with Gasteiger partial charge in [0.05, 0.1) is 0 Å². The summed E-state index contributed by atoms with van der Waals surface area (Å²) in [6, 6.07) is 0. The Morgan fingerprint density at radius 2 is 1.19 bits per heavy atom. The lowest BCUT2D eigenvalue weighted by Gasteiger charge is -2.30. The van der Waals surface area contributed by atoms with Gasteiger partial charge in [-0.3, -0.25) is 4.79 Å². The molecule has 0 aliphatic heterocycles. The highest BCUT2D eigenvalue weighted by atomic mass is 35.5. The zero-order valence-corrected chi connectivity index (χ0v) is 11.9. The molecule has 0 radical (unpaired) electrons. The molecule has 0 rings (SSSR count). The lowest BCUT2D eigenvalue weighted by atomic mass is 9.75. The van der Waals surface area contributed by atoms with Crippen molar-refractivity contribution < 1.29 is 4.79 Å². The summed E-state index contributed by atoms with van der Waals surface area (Å²) < 4.78 is 0. The Balaban J connectivity index is 4.52. The molecule has 0 aromatic carbocycles. The van der Waals surface area contributed by atoms with E-state index >= 15 is 0 Å². The van der Waals surface area contributed by atoms with E-state index in [-0.39, 0.29) is 10.7 Å². The molecule has 0 atom stereocenters. The molecule has 0 bridgehead atoms. The standard InChI is InChI=1S/C14H27ClO/c1-4-7-10-14(13(15)16,11-8-5-2)12-9-6-3/h4-12H2,1-3H3. The minimum Gasteiger partial charge on any atom is -0.281 e. The van der Waals surface area contributed by atoms with Crippen LogP contribution in [0.25, 0.3) is 0 Å². The molecule has 0 aromatic heterocycles. The van der Waals surface area contributed by atoms with Gasteiger partial charge in [-0.05, 0) is 30.9 Å². The van der Waals surface area contributed by atoms with Crippen molar-refractivity contribution in [2.75, 3.05) is 0 Å². The minimum absolute atomic E-state index is 0.0946. The summed E-state index contributed by atoms with van der Waals surface area (Å²) in [5, 5.41) is -0.0946. The lowest BCUT2D eigenvalue weighted by molar-refractivity contribution is -0.122. The monoisotopic (exact) mass is 246 g/mol. The number of hydrogen-bond donors (Lipinski definition) is 0. The van der Waals surface area contributed by atoms with E-state index in [0.717, 1.165) is 57.8 Å². The maximum atomic E-state index is 11.7. The molecular weight excluding hydrogens is 220 g/mol. The van der Waals surface area contributed by atoms with Crippen molar-refractivity contribution in [1.82, 2.24) is 0 Å². The third kappa shape index (κ3) is 5.34. The molecule has 0 saturated carbocycles. The van der Waals surface area contributed by atoms with Crippen molar-refractivity contribution in [3.05, 3.63) is 0 Å². The van der Waals surface area contributed by atoms with Crippen LogP contribution in [0.4, 0.5) is 0 Å². The van der Waals surface area contributed by atoms with Crippen molar-refractivity contribution in [2.45, 2.75) is 78.6 Å². The fourth-order valence-corrected chi connectivity index (χ4v) is 2.50. The molecule has 0 saturated heterocycles. The largest absolute Gasteiger partial charge is 0.281 e. The number of hydrogen-bond acceptors (Lipinski definition) is 1. The van der Waals surface area contributed by atoms with Gasteiger partial charge in [-0.25, -0.2) is 0 Å². The second-order valence-electron chi connectivity index (χ2n) is 4.86. The van der Waals surface area contributed by atoms with Gasteiger partial charge in [0.25, 0.3) is 0 Å². The van der Waals surface area contributed by atoms with Gasteiger partial charge >= 0.3 is 0 Å². The van der Waals surface area contributed by atoms with Gasteiger partial charge in [0.1, 0.15) is 0 Å². The summed E-state index contributed by atoms with van der Waals surface area (Å²) in [7, 11) is 0. The normalized spacial score (nSPS) is 11.8. The van der Waals surface area contributed by atoms with E-state index in [9.17, 15) is 4.79 Å². The van der Waals surface area contributed by atoms with Gasteiger partial charge in [-0.1, -0.05) is 59.3 Å². The Hall–Kier alpha value is -0.0400. The van der Waals surface area contributed by atoms with Crippen molar-refractivity contribution in [2.24, 2.45) is 5.41 Å². The van der Waals surface area contributed by atoms with Crippen LogP contribution in [0.15, 0.2) is 0 Å². The van der Waals surface area contributed by atoms with Gasteiger partial charge in [0, 0.05) is 5.41 Å². The van der Waals surface area contributed by atoms with E-state index in [2.05, 4.69) is 20.8 Å². The smallest absolute Gasteiger partial charge is 0.227 e. The molecule has 0 aromatic rings. The second kappa shape index (κ2) is 9.04. The molecule has 96 valence electrons. The zero-order valence-electron chi connectivity index (χ0n) is 11.2. The van der Waals surface area contributed by atoms with Gasteiger partial charge in [-0.15, -0.1) is 0 Å². The van der Waals surface area contributed by atoms with Crippen molar-refractivity contribution in [1.29, 1.82) is 0 Å². The van der Waals surface area contributed by atoms with Crippen LogP contribution in [0.2, 0.25) is 0 Å². The molecule has 0 spiro atoms. The van der Waals surface area contributed by atoms with E-state index in [1.54, 1.807) is 0 Å². The van der Waals surface area contributed by atoms with Gasteiger partial charge in [0.15, 0.2) is 0 Å². The van der Waals surface area contributed by atoms with E-state index in [1.807, 2.05) is 0 Å². The van der Waals surface area contributed by atoms with Crippen LogP contribution in [-0.4, -0.2) is 5.24 Å². The SMILES string of the molecule is CCCCC(CCCC)(CCCC)C(=O)Cl. The van der Waals surface area contributed by atoms with Crippen LogP contribution >= 0.6 is 11.6 Å². The average molecular weight is 247 g/mol. The summed E-state index contributed by atoms with van der Waals surface area (Å²) >= 11 is 5.87. The predicted octanol–water partition coefficient (Wildman–Crippen LogP) is 5.31. The molecule has 0 N–H and O–H groups in total. The van der Waals surface area contributed by atoms with E-state index in [1.165, 1.54) is 0 Å². The second-order valence-corrected chi connectivity index (χ2v) is 5.21. The Morgan fingerprint density at radius 3 is 1.38 bits per heavy atom. The summed E-state index contributed by atoms with van der Waals surface area (Å²) in [6.07, 6.45) is 9.71. The molecule has 0 unspecified atom stereocenters. The predicted molar refractivity (Wildman–Crippen MR) is 71.9 cm³/mol. The zero-order chi connectivity index (χ0) is 12.4. The minimum atomic E-state index is -0.219. The van der Waals surface area contributed by atoms with Crippen LogP contribution in [0, 0.1) is 5.41 Å².